The number of carboxylic acids is 1. The third-order valence-corrected chi connectivity index (χ3v) is 6.92. The molecule has 9 heteroatoms. The summed E-state index contributed by atoms with van der Waals surface area (Å²) in [4.78, 5) is 11.0. The van der Waals surface area contributed by atoms with Gasteiger partial charge in [-0.05, 0) is 56.2 Å². The van der Waals surface area contributed by atoms with Crippen LogP contribution in [0.3, 0.4) is 0 Å². The zero-order valence-corrected chi connectivity index (χ0v) is 16.4. The van der Waals surface area contributed by atoms with Gasteiger partial charge in [0.2, 0.25) is 10.0 Å². The third-order valence-electron chi connectivity index (χ3n) is 2.74. The highest BCUT2D eigenvalue weighted by molar-refractivity contribution is 9.12. The molecule has 1 unspecified atom stereocenters. The molecule has 2 N–H and O–H groups in total. The zero-order valence-electron chi connectivity index (χ0n) is 11.6. The number of sulfonamides is 1. The Labute approximate surface area is 145 Å². The highest BCUT2D eigenvalue weighted by atomic mass is 79.9. The average Bonchev–Trinajstić information content (AvgIpc) is 2.65. The molecule has 0 aliphatic rings. The lowest BCUT2D eigenvalue weighted by Crippen LogP contribution is -2.31. The normalized spacial score (nSPS) is 13.6. The minimum absolute atomic E-state index is 0.0464. The maximum atomic E-state index is 12.2. The fourth-order valence-electron chi connectivity index (χ4n) is 1.97. The van der Waals surface area contributed by atoms with Gasteiger partial charge in [-0.1, -0.05) is 13.8 Å². The van der Waals surface area contributed by atoms with E-state index in [1.807, 2.05) is 13.8 Å². The number of halogens is 2. The number of nitrogens with one attached hydrogen (secondary N) is 1. The highest BCUT2D eigenvalue weighted by Gasteiger charge is 2.23. The third kappa shape index (κ3) is 6.35. The second kappa shape index (κ2) is 8.05. The van der Waals surface area contributed by atoms with Crippen molar-refractivity contribution in [2.45, 2.75) is 31.6 Å². The lowest BCUT2D eigenvalue weighted by atomic mass is 9.94. The van der Waals surface area contributed by atoms with E-state index in [2.05, 4.69) is 36.6 Å². The summed E-state index contributed by atoms with van der Waals surface area (Å²) in [6, 6.07) is 1.52. The van der Waals surface area contributed by atoms with Gasteiger partial charge >= 0.3 is 5.97 Å². The first kappa shape index (κ1) is 19.1. The van der Waals surface area contributed by atoms with Crippen molar-refractivity contribution in [3.63, 3.8) is 0 Å². The number of hydrogen-bond acceptors (Lipinski definition) is 4. The fourth-order valence-corrected chi connectivity index (χ4v) is 6.89. The molecule has 0 aromatic carbocycles. The molecule has 1 aromatic heterocycles. The van der Waals surface area contributed by atoms with E-state index in [9.17, 15) is 13.2 Å². The Balaban J connectivity index is 2.78. The van der Waals surface area contributed by atoms with Crippen LogP contribution in [0.25, 0.3) is 0 Å². The highest BCUT2D eigenvalue weighted by Crippen LogP contribution is 2.34. The molecule has 5 nitrogen and oxygen atoms in total. The quantitative estimate of drug-likeness (QED) is 0.617. The molecule has 0 spiro atoms. The Kier molecular flexibility index (Phi) is 7.32. The SMILES string of the molecule is CC(C)CC(CNS(=O)(=O)c1cc(Br)sc1Br)CC(=O)O. The van der Waals surface area contributed by atoms with Gasteiger partial charge in [0, 0.05) is 13.0 Å². The van der Waals surface area contributed by atoms with Crippen molar-refractivity contribution in [3.05, 3.63) is 13.6 Å². The second-order valence-electron chi connectivity index (χ2n) is 5.13. The van der Waals surface area contributed by atoms with Gasteiger partial charge in [0.1, 0.15) is 4.90 Å². The maximum Gasteiger partial charge on any atom is 0.303 e. The van der Waals surface area contributed by atoms with Gasteiger partial charge < -0.3 is 5.11 Å². The number of aliphatic carboxylic acids is 1. The molecule has 0 fully saturated rings. The Morgan fingerprint density at radius 1 is 1.43 bits per heavy atom. The van der Waals surface area contributed by atoms with Crippen LogP contribution in [-0.2, 0) is 14.8 Å². The summed E-state index contributed by atoms with van der Waals surface area (Å²) in [5.74, 6) is -0.835. The number of thiophene rings is 1. The smallest absolute Gasteiger partial charge is 0.303 e. The van der Waals surface area contributed by atoms with Gasteiger partial charge in [0.15, 0.2) is 0 Å². The molecule has 0 saturated heterocycles. The van der Waals surface area contributed by atoms with E-state index in [1.54, 1.807) is 0 Å². The number of carboxylic acid groups (broad SMARTS) is 1. The monoisotopic (exact) mass is 461 g/mol. The summed E-state index contributed by atoms with van der Waals surface area (Å²) in [6.45, 7) is 4.08. The summed E-state index contributed by atoms with van der Waals surface area (Å²) in [5.41, 5.74) is 0. The zero-order chi connectivity index (χ0) is 16.2. The number of rotatable bonds is 8. The summed E-state index contributed by atoms with van der Waals surface area (Å²) < 4.78 is 28.2. The van der Waals surface area contributed by atoms with Crippen LogP contribution in [-0.4, -0.2) is 26.0 Å². The van der Waals surface area contributed by atoms with Crippen LogP contribution in [0.15, 0.2) is 18.5 Å². The second-order valence-corrected chi connectivity index (χ2v) is 10.6. The largest absolute Gasteiger partial charge is 0.481 e. The maximum absolute atomic E-state index is 12.2. The predicted octanol–water partition coefficient (Wildman–Crippen LogP) is 3.69. The van der Waals surface area contributed by atoms with Crippen molar-refractivity contribution in [1.29, 1.82) is 0 Å². The molecule has 0 saturated carbocycles. The lowest BCUT2D eigenvalue weighted by Gasteiger charge is -2.17. The van der Waals surface area contributed by atoms with Crippen LogP contribution in [0.4, 0.5) is 0 Å². The van der Waals surface area contributed by atoms with Gasteiger partial charge in [-0.25, -0.2) is 13.1 Å². The van der Waals surface area contributed by atoms with Gasteiger partial charge in [-0.3, -0.25) is 4.79 Å². The summed E-state index contributed by atoms with van der Waals surface area (Å²) in [6.07, 6.45) is 0.610. The molecule has 1 atom stereocenters. The summed E-state index contributed by atoms with van der Waals surface area (Å²) >= 11 is 7.73. The van der Waals surface area contributed by atoms with Crippen LogP contribution in [0.1, 0.15) is 26.7 Å². The molecule has 1 aromatic rings. The molecule has 0 radical (unpaired) electrons. The molecule has 0 aliphatic heterocycles. The molecule has 120 valence electrons. The first-order valence-electron chi connectivity index (χ1n) is 6.28. The molecular weight excluding hydrogens is 446 g/mol. The van der Waals surface area contributed by atoms with Crippen molar-refractivity contribution < 1.29 is 18.3 Å². The predicted molar refractivity (Wildman–Crippen MR) is 90.1 cm³/mol. The van der Waals surface area contributed by atoms with Gasteiger partial charge in [-0.15, -0.1) is 11.3 Å². The van der Waals surface area contributed by atoms with Gasteiger partial charge in [0.05, 0.1) is 7.57 Å². The van der Waals surface area contributed by atoms with Gasteiger partial charge in [-0.2, -0.15) is 0 Å². The molecule has 0 aliphatic carbocycles. The van der Waals surface area contributed by atoms with E-state index in [4.69, 9.17) is 5.11 Å². The van der Waals surface area contributed by atoms with Crippen molar-refractivity contribution in [3.8, 4) is 0 Å². The van der Waals surface area contributed by atoms with Crippen LogP contribution >= 0.6 is 43.2 Å². The molecular formula is C12H17Br2NO4S2. The summed E-state index contributed by atoms with van der Waals surface area (Å²) in [7, 11) is -3.65. The van der Waals surface area contributed by atoms with Crippen molar-refractivity contribution in [2.75, 3.05) is 6.54 Å². The average molecular weight is 463 g/mol. The Morgan fingerprint density at radius 3 is 2.48 bits per heavy atom. The van der Waals surface area contributed by atoms with E-state index in [-0.39, 0.29) is 23.8 Å². The van der Waals surface area contributed by atoms with E-state index in [1.165, 1.54) is 17.4 Å². The lowest BCUT2D eigenvalue weighted by molar-refractivity contribution is -0.138. The van der Waals surface area contributed by atoms with E-state index >= 15 is 0 Å². The summed E-state index contributed by atoms with van der Waals surface area (Å²) in [5, 5.41) is 8.90. The van der Waals surface area contributed by atoms with Crippen LogP contribution in [0.2, 0.25) is 0 Å². The fraction of sp³-hybridized carbons (Fsp3) is 0.583. The van der Waals surface area contributed by atoms with E-state index in [0.717, 1.165) is 0 Å². The topological polar surface area (TPSA) is 83.5 Å². The Morgan fingerprint density at radius 2 is 2.05 bits per heavy atom. The Bertz CT molecular complexity index is 598. The van der Waals surface area contributed by atoms with E-state index < -0.39 is 16.0 Å². The standard InChI is InChI=1S/C12H17Br2NO4S2/c1-7(2)3-8(4-11(16)17)6-15-21(18,19)9-5-10(13)20-12(9)14/h5,7-8,15H,3-4,6H2,1-2H3,(H,16,17). The van der Waals surface area contributed by atoms with Crippen molar-refractivity contribution in [1.82, 2.24) is 4.72 Å². The van der Waals surface area contributed by atoms with Crippen molar-refractivity contribution >= 4 is 59.2 Å². The van der Waals surface area contributed by atoms with E-state index in [0.29, 0.717) is 19.9 Å². The number of hydrogen-bond donors (Lipinski definition) is 2. The minimum Gasteiger partial charge on any atom is -0.481 e. The number of carbonyl (C=O) groups is 1. The first-order valence-corrected chi connectivity index (χ1v) is 10.2. The molecule has 21 heavy (non-hydrogen) atoms. The molecule has 1 heterocycles. The first-order chi connectivity index (χ1) is 9.61. The van der Waals surface area contributed by atoms with Crippen LogP contribution in [0, 0.1) is 11.8 Å². The molecule has 0 amide bonds. The molecule has 1 rings (SSSR count). The Hall–Kier alpha value is 0.0400. The molecule has 0 bridgehead atoms. The van der Waals surface area contributed by atoms with Crippen molar-refractivity contribution in [2.24, 2.45) is 11.8 Å². The minimum atomic E-state index is -3.65. The van der Waals surface area contributed by atoms with Gasteiger partial charge in [0.25, 0.3) is 0 Å². The van der Waals surface area contributed by atoms with Crippen LogP contribution < -0.4 is 4.72 Å². The van der Waals surface area contributed by atoms with Crippen LogP contribution in [0.5, 0.6) is 0 Å².